The van der Waals surface area contributed by atoms with E-state index in [1.165, 1.54) is 16.4 Å². The molecule has 2 aliphatic rings. The van der Waals surface area contributed by atoms with Gasteiger partial charge in [0.25, 0.3) is 5.91 Å². The van der Waals surface area contributed by atoms with Gasteiger partial charge in [0.2, 0.25) is 10.0 Å². The molecular formula is C23H29N3O5S. The lowest BCUT2D eigenvalue weighted by atomic mass is 10.2. The highest BCUT2D eigenvalue weighted by atomic mass is 32.2. The number of nitrogens with zero attached hydrogens (tertiary/aromatic N) is 2. The third-order valence-electron chi connectivity index (χ3n) is 5.62. The largest absolute Gasteiger partial charge is 0.378 e. The molecule has 2 fully saturated rings. The molecule has 0 bridgehead atoms. The Morgan fingerprint density at radius 3 is 2.31 bits per heavy atom. The van der Waals surface area contributed by atoms with Crippen LogP contribution in [-0.2, 0) is 19.5 Å². The van der Waals surface area contributed by atoms with E-state index in [0.717, 1.165) is 18.8 Å². The third-order valence-corrected chi connectivity index (χ3v) is 7.45. The van der Waals surface area contributed by atoms with Crippen molar-refractivity contribution >= 4 is 27.3 Å². The number of hydrogen-bond acceptors (Lipinski definition) is 6. The number of nitrogens with one attached hydrogen (secondary N) is 1. The molecule has 2 unspecified atom stereocenters. The number of anilines is 2. The van der Waals surface area contributed by atoms with Crippen LogP contribution in [0.15, 0.2) is 53.4 Å². The van der Waals surface area contributed by atoms with Crippen LogP contribution >= 0.6 is 0 Å². The summed E-state index contributed by atoms with van der Waals surface area (Å²) in [6, 6.07) is 13.8. The molecule has 1 amide bonds. The SMILES string of the molecule is CC1CN(S(=O)(=O)c2cccc(C(=O)Nc3ccc(N4CCOCC4)cc3)c2)CC(C)O1. The highest BCUT2D eigenvalue weighted by Crippen LogP contribution is 2.23. The summed E-state index contributed by atoms with van der Waals surface area (Å²) in [6.45, 7) is 7.39. The number of hydrogen-bond donors (Lipinski definition) is 1. The maximum absolute atomic E-state index is 13.1. The second-order valence-electron chi connectivity index (χ2n) is 8.21. The number of carbonyl (C=O) groups excluding carboxylic acids is 1. The first kappa shape index (κ1) is 22.7. The number of morpholine rings is 2. The van der Waals surface area contributed by atoms with Crippen molar-refractivity contribution in [2.75, 3.05) is 49.6 Å². The lowest BCUT2D eigenvalue weighted by Crippen LogP contribution is -2.48. The van der Waals surface area contributed by atoms with Gasteiger partial charge < -0.3 is 19.7 Å². The van der Waals surface area contributed by atoms with Crippen LogP contribution in [-0.4, -0.2) is 70.2 Å². The number of rotatable bonds is 5. The second kappa shape index (κ2) is 9.58. The van der Waals surface area contributed by atoms with E-state index in [-0.39, 0.29) is 28.6 Å². The molecule has 2 aromatic carbocycles. The van der Waals surface area contributed by atoms with E-state index in [4.69, 9.17) is 9.47 Å². The van der Waals surface area contributed by atoms with Crippen molar-refractivity contribution in [2.45, 2.75) is 31.0 Å². The van der Waals surface area contributed by atoms with Gasteiger partial charge in [0.15, 0.2) is 0 Å². The fourth-order valence-corrected chi connectivity index (χ4v) is 5.69. The number of ether oxygens (including phenoxy) is 2. The van der Waals surface area contributed by atoms with Crippen molar-refractivity contribution in [1.82, 2.24) is 4.31 Å². The van der Waals surface area contributed by atoms with Crippen LogP contribution < -0.4 is 10.2 Å². The van der Waals surface area contributed by atoms with Crippen molar-refractivity contribution in [3.8, 4) is 0 Å². The van der Waals surface area contributed by atoms with Crippen LogP contribution in [0.4, 0.5) is 11.4 Å². The number of amides is 1. The summed E-state index contributed by atoms with van der Waals surface area (Å²) in [5, 5.41) is 2.85. The maximum Gasteiger partial charge on any atom is 0.255 e. The molecule has 2 heterocycles. The summed E-state index contributed by atoms with van der Waals surface area (Å²) < 4.78 is 38.7. The van der Waals surface area contributed by atoms with Crippen LogP contribution in [0.3, 0.4) is 0 Å². The first-order valence-electron chi connectivity index (χ1n) is 10.8. The highest BCUT2D eigenvalue weighted by molar-refractivity contribution is 7.89. The Labute approximate surface area is 189 Å². The Bertz CT molecular complexity index is 1040. The molecule has 0 aromatic heterocycles. The minimum Gasteiger partial charge on any atom is -0.378 e. The topological polar surface area (TPSA) is 88.2 Å². The van der Waals surface area contributed by atoms with Crippen molar-refractivity contribution in [1.29, 1.82) is 0 Å². The van der Waals surface area contributed by atoms with E-state index < -0.39 is 10.0 Å². The lowest BCUT2D eigenvalue weighted by Gasteiger charge is -2.34. The molecule has 172 valence electrons. The fourth-order valence-electron chi connectivity index (χ4n) is 4.05. The van der Waals surface area contributed by atoms with Crippen molar-refractivity contribution in [2.24, 2.45) is 0 Å². The molecule has 9 heteroatoms. The summed E-state index contributed by atoms with van der Waals surface area (Å²) in [5.41, 5.74) is 2.02. The molecule has 0 radical (unpaired) electrons. The van der Waals surface area contributed by atoms with Gasteiger partial charge in [-0.05, 0) is 56.3 Å². The van der Waals surface area contributed by atoms with Crippen LogP contribution in [0.2, 0.25) is 0 Å². The molecule has 0 saturated carbocycles. The Kier molecular flexibility index (Phi) is 6.80. The molecule has 0 aliphatic carbocycles. The normalized spacial score (nSPS) is 22.5. The van der Waals surface area contributed by atoms with Crippen LogP contribution in [0.25, 0.3) is 0 Å². The second-order valence-corrected chi connectivity index (χ2v) is 10.1. The summed E-state index contributed by atoms with van der Waals surface area (Å²) in [6.07, 6.45) is -0.360. The van der Waals surface area contributed by atoms with Gasteiger partial charge in [-0.2, -0.15) is 4.31 Å². The summed E-state index contributed by atoms with van der Waals surface area (Å²) in [4.78, 5) is 15.1. The summed E-state index contributed by atoms with van der Waals surface area (Å²) in [7, 11) is -3.72. The number of benzene rings is 2. The molecule has 2 saturated heterocycles. The Hall–Kier alpha value is -2.46. The number of sulfonamides is 1. The van der Waals surface area contributed by atoms with E-state index in [0.29, 0.717) is 32.0 Å². The highest BCUT2D eigenvalue weighted by Gasteiger charge is 2.32. The molecule has 2 aromatic rings. The minimum absolute atomic E-state index is 0.106. The van der Waals surface area contributed by atoms with Gasteiger partial charge in [-0.25, -0.2) is 8.42 Å². The van der Waals surface area contributed by atoms with E-state index >= 15 is 0 Å². The molecule has 2 atom stereocenters. The monoisotopic (exact) mass is 459 g/mol. The zero-order valence-corrected chi connectivity index (χ0v) is 19.2. The van der Waals surface area contributed by atoms with Gasteiger partial charge in [0, 0.05) is 43.1 Å². The van der Waals surface area contributed by atoms with Gasteiger partial charge in [-0.1, -0.05) is 6.07 Å². The molecule has 0 spiro atoms. The van der Waals surface area contributed by atoms with Crippen molar-refractivity contribution < 1.29 is 22.7 Å². The average Bonchev–Trinajstić information content (AvgIpc) is 2.79. The Morgan fingerprint density at radius 2 is 1.66 bits per heavy atom. The minimum atomic E-state index is -3.72. The summed E-state index contributed by atoms with van der Waals surface area (Å²) >= 11 is 0. The van der Waals surface area contributed by atoms with Crippen LogP contribution in [0, 0.1) is 0 Å². The molecule has 2 aliphatic heterocycles. The zero-order valence-electron chi connectivity index (χ0n) is 18.4. The van der Waals surface area contributed by atoms with Gasteiger partial charge in [-0.15, -0.1) is 0 Å². The van der Waals surface area contributed by atoms with Gasteiger partial charge >= 0.3 is 0 Å². The van der Waals surface area contributed by atoms with E-state index in [1.54, 1.807) is 12.1 Å². The lowest BCUT2D eigenvalue weighted by molar-refractivity contribution is -0.0440. The standard InChI is InChI=1S/C23H29N3O5S/c1-17-15-26(16-18(2)31-17)32(28,29)22-5-3-4-19(14-22)23(27)24-20-6-8-21(9-7-20)25-10-12-30-13-11-25/h3-9,14,17-18H,10-13,15-16H2,1-2H3,(H,24,27). The van der Waals surface area contributed by atoms with E-state index in [9.17, 15) is 13.2 Å². The predicted molar refractivity (Wildman–Crippen MR) is 123 cm³/mol. The molecule has 8 nitrogen and oxygen atoms in total. The third kappa shape index (κ3) is 5.12. The average molecular weight is 460 g/mol. The molecular weight excluding hydrogens is 430 g/mol. The van der Waals surface area contributed by atoms with Crippen molar-refractivity contribution in [3.63, 3.8) is 0 Å². The predicted octanol–water partition coefficient (Wildman–Crippen LogP) is 2.57. The quantitative estimate of drug-likeness (QED) is 0.740. The van der Waals surface area contributed by atoms with Gasteiger partial charge in [0.05, 0.1) is 30.3 Å². The molecule has 4 rings (SSSR count). The maximum atomic E-state index is 13.1. The van der Waals surface area contributed by atoms with Gasteiger partial charge in [0.1, 0.15) is 0 Å². The van der Waals surface area contributed by atoms with Crippen molar-refractivity contribution in [3.05, 3.63) is 54.1 Å². The molecule has 1 N–H and O–H groups in total. The fraction of sp³-hybridized carbons (Fsp3) is 0.435. The summed E-state index contributed by atoms with van der Waals surface area (Å²) in [5.74, 6) is -0.357. The van der Waals surface area contributed by atoms with Crippen LogP contribution in [0.5, 0.6) is 0 Å². The van der Waals surface area contributed by atoms with Crippen LogP contribution in [0.1, 0.15) is 24.2 Å². The smallest absolute Gasteiger partial charge is 0.255 e. The zero-order chi connectivity index (χ0) is 22.7. The first-order valence-corrected chi connectivity index (χ1v) is 12.3. The Morgan fingerprint density at radius 1 is 1.00 bits per heavy atom. The molecule has 32 heavy (non-hydrogen) atoms. The van der Waals surface area contributed by atoms with Gasteiger partial charge in [-0.3, -0.25) is 4.79 Å². The first-order chi connectivity index (χ1) is 15.3. The van der Waals surface area contributed by atoms with E-state index in [2.05, 4.69) is 10.2 Å². The number of carbonyl (C=O) groups is 1. The van der Waals surface area contributed by atoms with E-state index in [1.807, 2.05) is 38.1 Å². The Balaban J connectivity index is 1.46.